The van der Waals surface area contributed by atoms with E-state index in [1.54, 1.807) is 0 Å². The first kappa shape index (κ1) is 13.1. The molecule has 1 aromatic heterocycles. The Bertz CT molecular complexity index is 401. The Balaban J connectivity index is 1.60. The maximum absolute atomic E-state index is 5.52. The molecule has 0 spiro atoms. The Morgan fingerprint density at radius 2 is 2.16 bits per heavy atom. The molecule has 0 aliphatic carbocycles. The predicted molar refractivity (Wildman–Crippen MR) is 71.7 cm³/mol. The van der Waals surface area contributed by atoms with Crippen molar-refractivity contribution in [3.8, 4) is 0 Å². The molecule has 5 heteroatoms. The lowest BCUT2D eigenvalue weighted by Gasteiger charge is -2.35. The van der Waals surface area contributed by atoms with Crippen molar-refractivity contribution < 1.29 is 9.47 Å². The van der Waals surface area contributed by atoms with E-state index in [0.717, 1.165) is 26.2 Å². The Morgan fingerprint density at radius 1 is 1.32 bits per heavy atom. The molecule has 106 valence electrons. The Hall–Kier alpha value is -0.910. The number of aromatic nitrogens is 2. The van der Waals surface area contributed by atoms with E-state index in [1.165, 1.54) is 31.4 Å². The molecule has 2 saturated heterocycles. The minimum Gasteiger partial charge on any atom is -0.350 e. The smallest absolute Gasteiger partial charge is 0.159 e. The first-order chi connectivity index (χ1) is 9.33. The molecule has 0 unspecified atom stereocenters. The van der Waals surface area contributed by atoms with Crippen molar-refractivity contribution in [2.24, 2.45) is 7.05 Å². The Labute approximate surface area is 114 Å². The van der Waals surface area contributed by atoms with Gasteiger partial charge in [0.05, 0.1) is 19.4 Å². The minimum atomic E-state index is 0.0106. The van der Waals surface area contributed by atoms with Crippen molar-refractivity contribution in [2.75, 3.05) is 26.3 Å². The SMILES string of the molecule is Cn1cc([C@H]2CCCCN2CCC2OCCO2)cn1. The molecule has 5 nitrogen and oxygen atoms in total. The molecule has 0 bridgehead atoms. The molecule has 3 rings (SSSR count). The van der Waals surface area contributed by atoms with E-state index in [1.807, 2.05) is 17.9 Å². The van der Waals surface area contributed by atoms with Crippen LogP contribution in [0.2, 0.25) is 0 Å². The lowest BCUT2D eigenvalue weighted by atomic mass is 9.97. The highest BCUT2D eigenvalue weighted by Gasteiger charge is 2.26. The van der Waals surface area contributed by atoms with Gasteiger partial charge in [0.2, 0.25) is 0 Å². The van der Waals surface area contributed by atoms with Crippen LogP contribution in [0.25, 0.3) is 0 Å². The summed E-state index contributed by atoms with van der Waals surface area (Å²) in [6.07, 6.45) is 8.97. The zero-order valence-corrected chi connectivity index (χ0v) is 11.6. The molecule has 0 amide bonds. The second kappa shape index (κ2) is 6.03. The summed E-state index contributed by atoms with van der Waals surface area (Å²) in [5.74, 6) is 0. The largest absolute Gasteiger partial charge is 0.350 e. The van der Waals surface area contributed by atoms with Crippen molar-refractivity contribution >= 4 is 0 Å². The van der Waals surface area contributed by atoms with Gasteiger partial charge in [-0.2, -0.15) is 5.10 Å². The topological polar surface area (TPSA) is 39.5 Å². The van der Waals surface area contributed by atoms with Crippen molar-refractivity contribution in [1.82, 2.24) is 14.7 Å². The van der Waals surface area contributed by atoms with Gasteiger partial charge in [0.25, 0.3) is 0 Å². The number of nitrogens with zero attached hydrogens (tertiary/aromatic N) is 3. The normalized spacial score (nSPS) is 26.1. The number of rotatable bonds is 4. The van der Waals surface area contributed by atoms with Gasteiger partial charge < -0.3 is 9.47 Å². The van der Waals surface area contributed by atoms with Crippen LogP contribution in [-0.2, 0) is 16.5 Å². The highest BCUT2D eigenvalue weighted by atomic mass is 16.7. The van der Waals surface area contributed by atoms with E-state index >= 15 is 0 Å². The lowest BCUT2D eigenvalue weighted by Crippen LogP contribution is -2.35. The predicted octanol–water partition coefficient (Wildman–Crippen LogP) is 1.71. The van der Waals surface area contributed by atoms with E-state index in [2.05, 4.69) is 16.2 Å². The molecule has 19 heavy (non-hydrogen) atoms. The van der Waals surface area contributed by atoms with Crippen LogP contribution in [-0.4, -0.2) is 47.3 Å². The quantitative estimate of drug-likeness (QED) is 0.831. The van der Waals surface area contributed by atoms with Crippen molar-refractivity contribution in [2.45, 2.75) is 38.0 Å². The van der Waals surface area contributed by atoms with Crippen LogP contribution in [0.1, 0.15) is 37.3 Å². The third-order valence-corrected chi connectivity index (χ3v) is 4.07. The molecular formula is C14H23N3O2. The van der Waals surface area contributed by atoms with E-state index in [-0.39, 0.29) is 6.29 Å². The zero-order chi connectivity index (χ0) is 13.1. The number of hydrogen-bond acceptors (Lipinski definition) is 4. The maximum Gasteiger partial charge on any atom is 0.159 e. The zero-order valence-electron chi connectivity index (χ0n) is 11.6. The molecule has 0 aromatic carbocycles. The monoisotopic (exact) mass is 265 g/mol. The average molecular weight is 265 g/mol. The van der Waals surface area contributed by atoms with Crippen LogP contribution in [0.15, 0.2) is 12.4 Å². The summed E-state index contributed by atoms with van der Waals surface area (Å²) in [5, 5.41) is 4.30. The first-order valence-corrected chi connectivity index (χ1v) is 7.29. The summed E-state index contributed by atoms with van der Waals surface area (Å²) < 4.78 is 12.9. The van der Waals surface area contributed by atoms with Gasteiger partial charge in [-0.05, 0) is 19.4 Å². The van der Waals surface area contributed by atoms with Crippen LogP contribution >= 0.6 is 0 Å². The Kier molecular flexibility index (Phi) is 4.15. The summed E-state index contributed by atoms with van der Waals surface area (Å²) in [5.41, 5.74) is 1.34. The van der Waals surface area contributed by atoms with Gasteiger partial charge >= 0.3 is 0 Å². The molecule has 2 aliphatic rings. The van der Waals surface area contributed by atoms with E-state index in [9.17, 15) is 0 Å². The van der Waals surface area contributed by atoms with Crippen LogP contribution in [0, 0.1) is 0 Å². The summed E-state index contributed by atoms with van der Waals surface area (Å²) in [7, 11) is 1.98. The van der Waals surface area contributed by atoms with E-state index in [4.69, 9.17) is 9.47 Å². The molecule has 1 aromatic rings. The Morgan fingerprint density at radius 3 is 2.89 bits per heavy atom. The highest BCUT2D eigenvalue weighted by molar-refractivity contribution is 5.11. The molecule has 1 atom stereocenters. The number of piperidine rings is 1. The van der Waals surface area contributed by atoms with Crippen molar-refractivity contribution in [3.63, 3.8) is 0 Å². The van der Waals surface area contributed by atoms with E-state index in [0.29, 0.717) is 6.04 Å². The number of aryl methyl sites for hydroxylation is 1. The third-order valence-electron chi connectivity index (χ3n) is 4.07. The second-order valence-electron chi connectivity index (χ2n) is 5.45. The summed E-state index contributed by atoms with van der Waals surface area (Å²) in [6.45, 7) is 3.71. The second-order valence-corrected chi connectivity index (χ2v) is 5.45. The molecule has 2 aliphatic heterocycles. The molecule has 3 heterocycles. The van der Waals surface area contributed by atoms with Gasteiger partial charge in [0.1, 0.15) is 0 Å². The third kappa shape index (κ3) is 3.16. The van der Waals surface area contributed by atoms with Crippen LogP contribution in [0.5, 0.6) is 0 Å². The van der Waals surface area contributed by atoms with Crippen LogP contribution in [0.4, 0.5) is 0 Å². The molecule has 0 saturated carbocycles. The number of ether oxygens (including phenoxy) is 2. The summed E-state index contributed by atoms with van der Waals surface area (Å²) in [4.78, 5) is 2.56. The van der Waals surface area contributed by atoms with Gasteiger partial charge in [0.15, 0.2) is 6.29 Å². The molecule has 2 fully saturated rings. The molecular weight excluding hydrogens is 242 g/mol. The minimum absolute atomic E-state index is 0.0106. The van der Waals surface area contributed by atoms with Gasteiger partial charge in [-0.25, -0.2) is 0 Å². The number of hydrogen-bond donors (Lipinski definition) is 0. The fraction of sp³-hybridized carbons (Fsp3) is 0.786. The summed E-state index contributed by atoms with van der Waals surface area (Å²) in [6, 6.07) is 0.517. The highest BCUT2D eigenvalue weighted by Crippen LogP contribution is 2.30. The standard InChI is InChI=1S/C14H23N3O2/c1-16-11-12(10-15-16)13-4-2-3-6-17(13)7-5-14-18-8-9-19-14/h10-11,13-14H,2-9H2,1H3/t13-/m1/s1. The molecule has 0 N–H and O–H groups in total. The lowest BCUT2D eigenvalue weighted by molar-refractivity contribution is -0.0548. The molecule has 0 radical (unpaired) electrons. The van der Waals surface area contributed by atoms with Gasteiger partial charge in [0, 0.05) is 37.8 Å². The van der Waals surface area contributed by atoms with Crippen molar-refractivity contribution in [3.05, 3.63) is 18.0 Å². The van der Waals surface area contributed by atoms with E-state index < -0.39 is 0 Å². The average Bonchev–Trinajstić information content (AvgIpc) is 3.08. The van der Waals surface area contributed by atoms with Crippen LogP contribution < -0.4 is 0 Å². The summed E-state index contributed by atoms with van der Waals surface area (Å²) >= 11 is 0. The number of likely N-dealkylation sites (tertiary alicyclic amines) is 1. The first-order valence-electron chi connectivity index (χ1n) is 7.29. The fourth-order valence-corrected chi connectivity index (χ4v) is 3.09. The van der Waals surface area contributed by atoms with Crippen molar-refractivity contribution in [1.29, 1.82) is 0 Å². The fourth-order valence-electron chi connectivity index (χ4n) is 3.09. The van der Waals surface area contributed by atoms with Gasteiger partial charge in [-0.1, -0.05) is 6.42 Å². The van der Waals surface area contributed by atoms with Crippen LogP contribution in [0.3, 0.4) is 0 Å². The van der Waals surface area contributed by atoms with Gasteiger partial charge in [-0.3, -0.25) is 9.58 Å². The maximum atomic E-state index is 5.52. The van der Waals surface area contributed by atoms with Gasteiger partial charge in [-0.15, -0.1) is 0 Å².